The Hall–Kier alpha value is -1.68. The summed E-state index contributed by atoms with van der Waals surface area (Å²) in [5.74, 6) is -0.197. The van der Waals surface area contributed by atoms with E-state index in [0.717, 1.165) is 34.7 Å². The van der Waals surface area contributed by atoms with E-state index in [1.165, 1.54) is 23.5 Å². The maximum absolute atomic E-state index is 12.9. The van der Waals surface area contributed by atoms with Crippen LogP contribution in [0.3, 0.4) is 0 Å². The van der Waals surface area contributed by atoms with Crippen molar-refractivity contribution in [3.63, 3.8) is 0 Å². The van der Waals surface area contributed by atoms with Gasteiger partial charge in [-0.25, -0.2) is 4.39 Å². The van der Waals surface area contributed by atoms with Gasteiger partial charge in [0.2, 0.25) is 0 Å². The van der Waals surface area contributed by atoms with Crippen molar-refractivity contribution in [2.24, 2.45) is 0 Å². The molecule has 1 heterocycles. The van der Waals surface area contributed by atoms with Crippen LogP contribution in [0, 0.1) is 5.82 Å². The molecule has 0 unspecified atom stereocenters. The Bertz CT molecular complexity index is 576. The third-order valence-corrected chi connectivity index (χ3v) is 4.26. The van der Waals surface area contributed by atoms with Gasteiger partial charge in [0.1, 0.15) is 5.82 Å². The summed E-state index contributed by atoms with van der Waals surface area (Å²) < 4.78 is 12.9. The maximum Gasteiger partial charge on any atom is 0.263 e. The van der Waals surface area contributed by atoms with Gasteiger partial charge in [-0.05, 0) is 36.2 Å². The number of nitrogens with zero attached hydrogens (tertiary/aromatic N) is 1. The monoisotopic (exact) mass is 291 g/mol. The number of hydrogen-bond acceptors (Lipinski definition) is 2. The Balaban J connectivity index is 2.12. The Morgan fingerprint density at radius 2 is 1.90 bits per heavy atom. The highest BCUT2D eigenvalue weighted by atomic mass is 32.1. The van der Waals surface area contributed by atoms with Gasteiger partial charge < -0.3 is 4.90 Å². The normalized spacial score (nSPS) is 10.6. The Kier molecular flexibility index (Phi) is 4.90. The topological polar surface area (TPSA) is 20.3 Å². The van der Waals surface area contributed by atoms with Crippen LogP contribution in [0.25, 0.3) is 10.4 Å². The van der Waals surface area contributed by atoms with Gasteiger partial charge in [-0.2, -0.15) is 0 Å². The van der Waals surface area contributed by atoms with Crippen LogP contribution >= 0.6 is 11.3 Å². The molecule has 0 aliphatic heterocycles. The summed E-state index contributed by atoms with van der Waals surface area (Å²) in [6, 6.07) is 10.1. The molecule has 0 saturated heterocycles. The average molecular weight is 291 g/mol. The molecule has 2 aromatic rings. The Morgan fingerprint density at radius 1 is 1.20 bits per heavy atom. The maximum atomic E-state index is 12.9. The summed E-state index contributed by atoms with van der Waals surface area (Å²) in [6.45, 7) is 2.88. The van der Waals surface area contributed by atoms with Gasteiger partial charge in [0.25, 0.3) is 5.91 Å². The van der Waals surface area contributed by atoms with Gasteiger partial charge in [-0.3, -0.25) is 4.79 Å². The second kappa shape index (κ2) is 6.66. The number of amides is 1. The molecular weight excluding hydrogens is 273 g/mol. The van der Waals surface area contributed by atoms with Gasteiger partial charge in [0, 0.05) is 18.5 Å². The van der Waals surface area contributed by atoms with Crippen LogP contribution in [0.15, 0.2) is 36.4 Å². The van der Waals surface area contributed by atoms with Gasteiger partial charge in [0.05, 0.1) is 4.88 Å². The number of hydrogen-bond donors (Lipinski definition) is 0. The first-order valence-corrected chi connectivity index (χ1v) is 7.54. The third kappa shape index (κ3) is 3.45. The molecule has 0 aliphatic rings. The SMILES string of the molecule is CCCCN(C)C(=O)c1ccc(-c2ccc(F)cc2)s1. The Labute approximate surface area is 122 Å². The molecule has 0 aliphatic carbocycles. The molecule has 1 aromatic carbocycles. The first-order valence-electron chi connectivity index (χ1n) is 6.73. The molecular formula is C16H18FNOS. The molecule has 0 spiro atoms. The van der Waals surface area contributed by atoms with E-state index in [9.17, 15) is 9.18 Å². The minimum atomic E-state index is -0.249. The minimum Gasteiger partial charge on any atom is -0.341 e. The molecule has 0 saturated carbocycles. The van der Waals surface area contributed by atoms with Crippen molar-refractivity contribution in [3.8, 4) is 10.4 Å². The molecule has 1 amide bonds. The highest BCUT2D eigenvalue weighted by molar-refractivity contribution is 7.17. The second-order valence-electron chi connectivity index (χ2n) is 4.75. The number of unbranched alkanes of at least 4 members (excludes halogenated alkanes) is 1. The number of thiophene rings is 1. The molecule has 0 bridgehead atoms. The van der Waals surface area contributed by atoms with E-state index in [1.54, 1.807) is 17.0 Å². The van der Waals surface area contributed by atoms with E-state index < -0.39 is 0 Å². The molecule has 0 radical (unpaired) electrons. The van der Waals surface area contributed by atoms with Crippen LogP contribution < -0.4 is 0 Å². The minimum absolute atomic E-state index is 0.0526. The number of carbonyl (C=O) groups excluding carboxylic acids is 1. The van der Waals surface area contributed by atoms with E-state index in [1.807, 2.05) is 19.2 Å². The highest BCUT2D eigenvalue weighted by Crippen LogP contribution is 2.28. The highest BCUT2D eigenvalue weighted by Gasteiger charge is 2.14. The summed E-state index contributed by atoms with van der Waals surface area (Å²) in [5, 5.41) is 0. The summed E-state index contributed by atoms with van der Waals surface area (Å²) in [4.78, 5) is 15.7. The molecule has 2 nitrogen and oxygen atoms in total. The van der Waals surface area contributed by atoms with Gasteiger partial charge in [-0.1, -0.05) is 25.5 Å². The lowest BCUT2D eigenvalue weighted by Crippen LogP contribution is -2.26. The van der Waals surface area contributed by atoms with Crippen LogP contribution in [-0.2, 0) is 0 Å². The summed E-state index contributed by atoms with van der Waals surface area (Å²) >= 11 is 1.45. The predicted molar refractivity (Wildman–Crippen MR) is 81.6 cm³/mol. The summed E-state index contributed by atoms with van der Waals surface area (Å²) in [6.07, 6.45) is 2.08. The van der Waals surface area contributed by atoms with Crippen molar-refractivity contribution in [2.45, 2.75) is 19.8 Å². The van der Waals surface area contributed by atoms with Crippen LogP contribution in [0.1, 0.15) is 29.4 Å². The van der Waals surface area contributed by atoms with Crippen molar-refractivity contribution in [1.29, 1.82) is 0 Å². The fraction of sp³-hybridized carbons (Fsp3) is 0.312. The van der Waals surface area contributed by atoms with Crippen molar-refractivity contribution in [3.05, 3.63) is 47.1 Å². The zero-order valence-electron chi connectivity index (χ0n) is 11.7. The zero-order valence-corrected chi connectivity index (χ0v) is 12.5. The van der Waals surface area contributed by atoms with E-state index in [2.05, 4.69) is 6.92 Å². The van der Waals surface area contributed by atoms with Crippen molar-refractivity contribution in [2.75, 3.05) is 13.6 Å². The zero-order chi connectivity index (χ0) is 14.5. The van der Waals surface area contributed by atoms with E-state index in [0.29, 0.717) is 0 Å². The summed E-state index contributed by atoms with van der Waals surface area (Å²) in [7, 11) is 1.83. The van der Waals surface area contributed by atoms with E-state index in [-0.39, 0.29) is 11.7 Å². The van der Waals surface area contributed by atoms with Crippen molar-refractivity contribution < 1.29 is 9.18 Å². The lowest BCUT2D eigenvalue weighted by atomic mass is 10.2. The van der Waals surface area contributed by atoms with Crippen LogP contribution in [-0.4, -0.2) is 24.4 Å². The lowest BCUT2D eigenvalue weighted by Gasteiger charge is -2.15. The molecule has 20 heavy (non-hydrogen) atoms. The number of halogens is 1. The van der Waals surface area contributed by atoms with Crippen molar-refractivity contribution in [1.82, 2.24) is 4.90 Å². The number of benzene rings is 1. The smallest absolute Gasteiger partial charge is 0.263 e. The first kappa shape index (κ1) is 14.7. The first-order chi connectivity index (χ1) is 9.61. The van der Waals surface area contributed by atoms with Gasteiger partial charge in [0.15, 0.2) is 0 Å². The number of rotatable bonds is 5. The molecule has 4 heteroatoms. The molecule has 106 valence electrons. The third-order valence-electron chi connectivity index (χ3n) is 3.14. The summed E-state index contributed by atoms with van der Waals surface area (Å²) in [5.41, 5.74) is 0.937. The molecule has 1 aromatic heterocycles. The average Bonchev–Trinajstić information content (AvgIpc) is 2.94. The van der Waals surface area contributed by atoms with E-state index >= 15 is 0 Å². The quantitative estimate of drug-likeness (QED) is 0.798. The van der Waals surface area contributed by atoms with Crippen LogP contribution in [0.4, 0.5) is 4.39 Å². The molecule has 0 fully saturated rings. The van der Waals surface area contributed by atoms with Crippen molar-refractivity contribution >= 4 is 17.2 Å². The van der Waals surface area contributed by atoms with Crippen LogP contribution in [0.5, 0.6) is 0 Å². The predicted octanol–water partition coefficient (Wildman–Crippen LogP) is 4.43. The van der Waals surface area contributed by atoms with Gasteiger partial charge >= 0.3 is 0 Å². The van der Waals surface area contributed by atoms with Gasteiger partial charge in [-0.15, -0.1) is 11.3 Å². The van der Waals surface area contributed by atoms with Crippen LogP contribution in [0.2, 0.25) is 0 Å². The molecule has 0 atom stereocenters. The standard InChI is InChI=1S/C16H18FNOS/c1-3-4-11-18(2)16(19)15-10-9-14(20-15)12-5-7-13(17)8-6-12/h5-10H,3-4,11H2,1-2H3. The molecule has 0 N–H and O–H groups in total. The van der Waals surface area contributed by atoms with E-state index in [4.69, 9.17) is 0 Å². The Morgan fingerprint density at radius 3 is 2.55 bits per heavy atom. The second-order valence-corrected chi connectivity index (χ2v) is 5.83. The number of carbonyl (C=O) groups is 1. The fourth-order valence-electron chi connectivity index (χ4n) is 1.91. The lowest BCUT2D eigenvalue weighted by molar-refractivity contribution is 0.0798. The largest absolute Gasteiger partial charge is 0.341 e. The molecule has 2 rings (SSSR count). The fourth-order valence-corrected chi connectivity index (χ4v) is 2.91.